The van der Waals surface area contributed by atoms with E-state index in [-0.39, 0.29) is 23.0 Å². The summed E-state index contributed by atoms with van der Waals surface area (Å²) in [7, 11) is -1.43. The van der Waals surface area contributed by atoms with Gasteiger partial charge in [0.2, 0.25) is 5.91 Å². The number of para-hydroxylation sites is 1. The molecule has 0 N–H and O–H groups in total. The number of amides is 1. The van der Waals surface area contributed by atoms with Crippen LogP contribution in [0.1, 0.15) is 12.5 Å². The molecule has 0 fully saturated rings. The Hall–Kier alpha value is -2.31. The second-order valence-electron chi connectivity index (χ2n) is 5.81. The van der Waals surface area contributed by atoms with E-state index in [9.17, 15) is 13.4 Å². The zero-order valence-electron chi connectivity index (χ0n) is 14.2. The highest BCUT2D eigenvalue weighted by atomic mass is 35.5. The first-order chi connectivity index (χ1) is 12.4. The van der Waals surface area contributed by atoms with Crippen LogP contribution in [0.5, 0.6) is 0 Å². The zero-order valence-corrected chi connectivity index (χ0v) is 15.8. The normalized spacial score (nSPS) is 12.2. The SMILES string of the molecule is CC(=O)N(Cc1ccc2ccc(Cl)nc2c1)c1c(F)cccc1S(C)=O. The molecular weight excluding hydrogens is 375 g/mol. The van der Waals surface area contributed by atoms with E-state index in [0.717, 1.165) is 10.9 Å². The molecule has 0 saturated carbocycles. The quantitative estimate of drug-likeness (QED) is 0.623. The number of carbonyl (C=O) groups is 1. The lowest BCUT2D eigenvalue weighted by Crippen LogP contribution is -2.29. The van der Waals surface area contributed by atoms with Crippen molar-refractivity contribution in [1.82, 2.24) is 4.98 Å². The summed E-state index contributed by atoms with van der Waals surface area (Å²) in [5, 5.41) is 1.28. The predicted molar refractivity (Wildman–Crippen MR) is 102 cm³/mol. The van der Waals surface area contributed by atoms with Crippen molar-refractivity contribution < 1.29 is 13.4 Å². The maximum absolute atomic E-state index is 14.5. The fourth-order valence-corrected chi connectivity index (χ4v) is 3.66. The van der Waals surface area contributed by atoms with E-state index in [1.807, 2.05) is 18.2 Å². The average molecular weight is 391 g/mol. The minimum Gasteiger partial charge on any atom is -0.304 e. The Labute approximate surface area is 158 Å². The number of halogens is 2. The Morgan fingerprint density at radius 3 is 2.65 bits per heavy atom. The van der Waals surface area contributed by atoms with Gasteiger partial charge in [-0.25, -0.2) is 9.37 Å². The number of nitrogens with zero attached hydrogens (tertiary/aromatic N) is 2. The molecule has 0 aliphatic heterocycles. The molecule has 0 bridgehead atoms. The number of carbonyl (C=O) groups excluding carboxylic acids is 1. The number of benzene rings is 2. The molecule has 3 aromatic rings. The predicted octanol–water partition coefficient (Wildman–Crippen LogP) is 4.32. The summed E-state index contributed by atoms with van der Waals surface area (Å²) in [4.78, 5) is 18.1. The van der Waals surface area contributed by atoms with Crippen LogP contribution in [0.2, 0.25) is 5.15 Å². The maximum atomic E-state index is 14.5. The highest BCUT2D eigenvalue weighted by Gasteiger charge is 2.22. The van der Waals surface area contributed by atoms with Gasteiger partial charge in [-0.15, -0.1) is 0 Å². The van der Waals surface area contributed by atoms with Gasteiger partial charge in [-0.1, -0.05) is 29.8 Å². The number of pyridine rings is 1. The third-order valence-corrected chi connectivity index (χ3v) is 5.13. The topological polar surface area (TPSA) is 50.3 Å². The van der Waals surface area contributed by atoms with Crippen molar-refractivity contribution >= 4 is 44.9 Å². The number of rotatable bonds is 4. The summed E-state index contributed by atoms with van der Waals surface area (Å²) >= 11 is 5.94. The Balaban J connectivity index is 2.06. The van der Waals surface area contributed by atoms with E-state index in [2.05, 4.69) is 4.98 Å². The van der Waals surface area contributed by atoms with E-state index in [4.69, 9.17) is 11.6 Å². The third-order valence-electron chi connectivity index (χ3n) is 3.97. The van der Waals surface area contributed by atoms with Crippen LogP contribution in [-0.2, 0) is 22.1 Å². The van der Waals surface area contributed by atoms with Crippen LogP contribution in [0.3, 0.4) is 0 Å². The van der Waals surface area contributed by atoms with Gasteiger partial charge in [0.25, 0.3) is 0 Å². The van der Waals surface area contributed by atoms with Crippen molar-refractivity contribution in [1.29, 1.82) is 0 Å². The summed E-state index contributed by atoms with van der Waals surface area (Å²) < 4.78 is 26.5. The average Bonchev–Trinajstić information content (AvgIpc) is 2.59. The first kappa shape index (κ1) is 18.5. The summed E-state index contributed by atoms with van der Waals surface area (Å²) in [5.41, 5.74) is 1.49. The molecule has 134 valence electrons. The van der Waals surface area contributed by atoms with Gasteiger partial charge in [0.05, 0.1) is 33.4 Å². The van der Waals surface area contributed by atoms with Gasteiger partial charge < -0.3 is 4.90 Å². The molecular formula is C19H16ClFN2O2S. The molecule has 26 heavy (non-hydrogen) atoms. The summed E-state index contributed by atoms with van der Waals surface area (Å²) in [6.45, 7) is 1.48. The lowest BCUT2D eigenvalue weighted by Gasteiger charge is -2.24. The van der Waals surface area contributed by atoms with Crippen molar-refractivity contribution in [3.63, 3.8) is 0 Å². The first-order valence-electron chi connectivity index (χ1n) is 7.82. The molecule has 1 atom stereocenters. The Bertz CT molecular complexity index is 1030. The Morgan fingerprint density at radius 2 is 1.96 bits per heavy atom. The molecule has 0 aliphatic rings. The summed E-state index contributed by atoms with van der Waals surface area (Å²) in [6, 6.07) is 13.4. The second-order valence-corrected chi connectivity index (χ2v) is 7.54. The smallest absolute Gasteiger partial charge is 0.224 e. The van der Waals surface area contributed by atoms with Crippen LogP contribution in [-0.4, -0.2) is 21.4 Å². The van der Waals surface area contributed by atoms with Crippen molar-refractivity contribution in [2.24, 2.45) is 0 Å². The number of hydrogen-bond donors (Lipinski definition) is 0. The highest BCUT2D eigenvalue weighted by molar-refractivity contribution is 7.84. The van der Waals surface area contributed by atoms with E-state index in [1.165, 1.54) is 30.2 Å². The Kier molecular flexibility index (Phi) is 5.34. The van der Waals surface area contributed by atoms with Gasteiger partial charge in [-0.05, 0) is 35.9 Å². The van der Waals surface area contributed by atoms with E-state index in [0.29, 0.717) is 10.7 Å². The van der Waals surface area contributed by atoms with Gasteiger partial charge in [0, 0.05) is 18.6 Å². The summed E-state index contributed by atoms with van der Waals surface area (Å²) in [6.07, 6.45) is 1.46. The van der Waals surface area contributed by atoms with Crippen LogP contribution in [0, 0.1) is 5.82 Å². The molecule has 0 saturated heterocycles. The molecule has 4 nitrogen and oxygen atoms in total. The zero-order chi connectivity index (χ0) is 18.8. The molecule has 2 aromatic carbocycles. The molecule has 3 rings (SSSR count). The molecule has 1 unspecified atom stereocenters. The lowest BCUT2D eigenvalue weighted by atomic mass is 10.1. The first-order valence-corrected chi connectivity index (χ1v) is 9.75. The molecule has 1 aromatic heterocycles. The molecule has 1 amide bonds. The third kappa shape index (κ3) is 3.76. The minimum atomic E-state index is -1.43. The van der Waals surface area contributed by atoms with E-state index < -0.39 is 16.6 Å². The van der Waals surface area contributed by atoms with Crippen LogP contribution >= 0.6 is 11.6 Å². The highest BCUT2D eigenvalue weighted by Crippen LogP contribution is 2.29. The van der Waals surface area contributed by atoms with Crippen molar-refractivity contribution in [2.45, 2.75) is 18.4 Å². The lowest BCUT2D eigenvalue weighted by molar-refractivity contribution is -0.116. The van der Waals surface area contributed by atoms with Crippen LogP contribution in [0.4, 0.5) is 10.1 Å². The number of anilines is 1. The minimum absolute atomic E-state index is 0.0417. The van der Waals surface area contributed by atoms with Crippen molar-refractivity contribution in [3.05, 3.63) is 65.1 Å². The molecule has 0 aliphatic carbocycles. The van der Waals surface area contributed by atoms with Crippen molar-refractivity contribution in [2.75, 3.05) is 11.2 Å². The van der Waals surface area contributed by atoms with E-state index in [1.54, 1.807) is 18.2 Å². The number of aromatic nitrogens is 1. The fraction of sp³-hybridized carbons (Fsp3) is 0.158. The number of fused-ring (bicyclic) bond motifs is 1. The molecule has 0 spiro atoms. The monoisotopic (exact) mass is 390 g/mol. The molecule has 7 heteroatoms. The van der Waals surface area contributed by atoms with Gasteiger partial charge in [0.1, 0.15) is 11.0 Å². The maximum Gasteiger partial charge on any atom is 0.224 e. The molecule has 1 heterocycles. The van der Waals surface area contributed by atoms with Crippen LogP contribution in [0.25, 0.3) is 10.9 Å². The van der Waals surface area contributed by atoms with E-state index >= 15 is 0 Å². The van der Waals surface area contributed by atoms with Crippen molar-refractivity contribution in [3.8, 4) is 0 Å². The summed E-state index contributed by atoms with van der Waals surface area (Å²) in [5.74, 6) is -0.934. The van der Waals surface area contributed by atoms with Gasteiger partial charge in [-0.2, -0.15) is 0 Å². The number of hydrogen-bond acceptors (Lipinski definition) is 3. The van der Waals surface area contributed by atoms with Crippen LogP contribution in [0.15, 0.2) is 53.4 Å². The largest absolute Gasteiger partial charge is 0.304 e. The van der Waals surface area contributed by atoms with Gasteiger partial charge in [0.15, 0.2) is 0 Å². The van der Waals surface area contributed by atoms with Gasteiger partial charge >= 0.3 is 0 Å². The second kappa shape index (κ2) is 7.51. The standard InChI is InChI=1S/C19H16ClFN2O2S/c1-12(24)23(19-15(21)4-3-5-17(19)26(2)25)11-13-6-7-14-8-9-18(20)22-16(14)10-13/h3-10H,11H2,1-2H3. The molecule has 0 radical (unpaired) electrons. The van der Waals surface area contributed by atoms with Gasteiger partial charge in [-0.3, -0.25) is 9.00 Å². The van der Waals surface area contributed by atoms with Crippen LogP contribution < -0.4 is 4.90 Å². The fourth-order valence-electron chi connectivity index (χ4n) is 2.76. The Morgan fingerprint density at radius 1 is 1.23 bits per heavy atom.